The van der Waals surface area contributed by atoms with Crippen molar-refractivity contribution in [3.05, 3.63) is 65.2 Å². The molecule has 1 N–H and O–H groups in total. The average Bonchev–Trinajstić information content (AvgIpc) is 2.54. The molecule has 23 heavy (non-hydrogen) atoms. The summed E-state index contributed by atoms with van der Waals surface area (Å²) in [6.07, 6.45) is -3.57. The second-order valence-corrected chi connectivity index (χ2v) is 5.43. The number of halogens is 3. The molecule has 0 aliphatic rings. The lowest BCUT2D eigenvalue weighted by atomic mass is 9.98. The number of hydrogen-bond donors (Lipinski definition) is 1. The molecule has 0 aliphatic carbocycles. The highest BCUT2D eigenvalue weighted by Crippen LogP contribution is 2.32. The van der Waals surface area contributed by atoms with E-state index in [0.29, 0.717) is 11.6 Å². The van der Waals surface area contributed by atoms with Crippen LogP contribution in [0.25, 0.3) is 0 Å². The molecule has 2 aromatic carbocycles. The minimum Gasteiger partial charge on any atom is -0.322 e. The standard InChI is InChI=1S/C18H18F3NO/c1-3-12(2)13-8-10-14(11-9-13)22-17(23)15-6-4-5-7-16(15)18(19,20)21/h4-12H,3H2,1-2H3,(H,22,23). The lowest BCUT2D eigenvalue weighted by molar-refractivity contribution is -0.137. The molecule has 1 amide bonds. The van der Waals surface area contributed by atoms with Gasteiger partial charge in [0, 0.05) is 5.69 Å². The summed E-state index contributed by atoms with van der Waals surface area (Å²) in [5, 5.41) is 2.52. The number of hydrogen-bond acceptors (Lipinski definition) is 1. The van der Waals surface area contributed by atoms with E-state index in [1.54, 1.807) is 12.1 Å². The summed E-state index contributed by atoms with van der Waals surface area (Å²) >= 11 is 0. The van der Waals surface area contributed by atoms with Gasteiger partial charge in [-0.2, -0.15) is 13.2 Å². The molecule has 1 atom stereocenters. The molecule has 0 saturated heterocycles. The maximum Gasteiger partial charge on any atom is 0.417 e. The predicted octanol–water partition coefficient (Wildman–Crippen LogP) is 5.47. The minimum atomic E-state index is -4.56. The van der Waals surface area contributed by atoms with Crippen LogP contribution in [0.3, 0.4) is 0 Å². The number of carbonyl (C=O) groups excluding carboxylic acids is 1. The molecule has 0 radical (unpaired) electrons. The molecule has 2 nitrogen and oxygen atoms in total. The highest BCUT2D eigenvalue weighted by atomic mass is 19.4. The fraction of sp³-hybridized carbons (Fsp3) is 0.278. The first-order chi connectivity index (χ1) is 10.8. The molecule has 0 aliphatic heterocycles. The summed E-state index contributed by atoms with van der Waals surface area (Å²) in [4.78, 5) is 12.1. The topological polar surface area (TPSA) is 29.1 Å². The summed E-state index contributed by atoms with van der Waals surface area (Å²) in [5.41, 5.74) is 0.278. The van der Waals surface area contributed by atoms with Gasteiger partial charge in [-0.25, -0.2) is 0 Å². The van der Waals surface area contributed by atoms with E-state index < -0.39 is 17.6 Å². The molecule has 2 rings (SSSR count). The number of rotatable bonds is 4. The van der Waals surface area contributed by atoms with Gasteiger partial charge in [0.1, 0.15) is 0 Å². The van der Waals surface area contributed by atoms with Gasteiger partial charge in [-0.05, 0) is 42.2 Å². The van der Waals surface area contributed by atoms with Crippen LogP contribution >= 0.6 is 0 Å². The van der Waals surface area contributed by atoms with Crippen molar-refractivity contribution in [3.63, 3.8) is 0 Å². The van der Waals surface area contributed by atoms with Gasteiger partial charge in [0.2, 0.25) is 0 Å². The zero-order chi connectivity index (χ0) is 17.0. The number of alkyl halides is 3. The van der Waals surface area contributed by atoms with Crippen molar-refractivity contribution < 1.29 is 18.0 Å². The van der Waals surface area contributed by atoms with E-state index in [2.05, 4.69) is 19.2 Å². The minimum absolute atomic E-state index is 0.383. The van der Waals surface area contributed by atoms with Crippen LogP contribution in [-0.2, 0) is 6.18 Å². The average molecular weight is 321 g/mol. The van der Waals surface area contributed by atoms with Crippen LogP contribution in [-0.4, -0.2) is 5.91 Å². The molecule has 122 valence electrons. The second-order valence-electron chi connectivity index (χ2n) is 5.43. The van der Waals surface area contributed by atoms with Crippen molar-refractivity contribution in [1.82, 2.24) is 0 Å². The molecule has 0 saturated carbocycles. The Morgan fingerprint density at radius 2 is 1.70 bits per heavy atom. The van der Waals surface area contributed by atoms with Crippen molar-refractivity contribution >= 4 is 11.6 Å². The lowest BCUT2D eigenvalue weighted by Crippen LogP contribution is -2.18. The molecule has 0 heterocycles. The van der Waals surface area contributed by atoms with Crippen molar-refractivity contribution in [2.75, 3.05) is 5.32 Å². The molecule has 2 aromatic rings. The van der Waals surface area contributed by atoms with Crippen LogP contribution in [0.2, 0.25) is 0 Å². The summed E-state index contributed by atoms with van der Waals surface area (Å²) < 4.78 is 38.8. The zero-order valence-corrected chi connectivity index (χ0v) is 12.9. The molecule has 5 heteroatoms. The summed E-state index contributed by atoms with van der Waals surface area (Å²) in [5.74, 6) is -0.375. The Morgan fingerprint density at radius 3 is 2.26 bits per heavy atom. The Hall–Kier alpha value is -2.30. The predicted molar refractivity (Wildman–Crippen MR) is 84.5 cm³/mol. The smallest absolute Gasteiger partial charge is 0.322 e. The van der Waals surface area contributed by atoms with E-state index in [1.165, 1.54) is 18.2 Å². The first-order valence-corrected chi connectivity index (χ1v) is 7.40. The number of carbonyl (C=O) groups is 1. The molecule has 0 fully saturated rings. The Labute approximate surface area is 133 Å². The molecule has 1 unspecified atom stereocenters. The Bertz CT molecular complexity index is 677. The van der Waals surface area contributed by atoms with Crippen molar-refractivity contribution in [2.24, 2.45) is 0 Å². The van der Waals surface area contributed by atoms with Gasteiger partial charge < -0.3 is 5.32 Å². The van der Waals surface area contributed by atoms with Crippen molar-refractivity contribution in [3.8, 4) is 0 Å². The van der Waals surface area contributed by atoms with Gasteiger partial charge in [-0.3, -0.25) is 4.79 Å². The molecular formula is C18H18F3NO. The third-order valence-electron chi connectivity index (χ3n) is 3.83. The second kappa shape index (κ2) is 6.86. The Morgan fingerprint density at radius 1 is 1.09 bits per heavy atom. The highest BCUT2D eigenvalue weighted by molar-refractivity contribution is 6.05. The number of anilines is 1. The Kier molecular flexibility index (Phi) is 5.08. The third-order valence-corrected chi connectivity index (χ3v) is 3.83. The summed E-state index contributed by atoms with van der Waals surface area (Å²) in [6.45, 7) is 4.17. The van der Waals surface area contributed by atoms with Gasteiger partial charge in [-0.15, -0.1) is 0 Å². The number of amides is 1. The van der Waals surface area contributed by atoms with Gasteiger partial charge >= 0.3 is 6.18 Å². The largest absolute Gasteiger partial charge is 0.417 e. The number of nitrogens with one attached hydrogen (secondary N) is 1. The SMILES string of the molecule is CCC(C)c1ccc(NC(=O)c2ccccc2C(F)(F)F)cc1. The normalized spacial score (nSPS) is 12.7. The summed E-state index contributed by atoms with van der Waals surface area (Å²) in [6, 6.07) is 11.9. The first kappa shape index (κ1) is 17.1. The van der Waals surface area contributed by atoms with E-state index in [9.17, 15) is 18.0 Å². The quantitative estimate of drug-likeness (QED) is 0.794. The van der Waals surface area contributed by atoms with E-state index in [0.717, 1.165) is 18.1 Å². The maximum atomic E-state index is 12.9. The maximum absolute atomic E-state index is 12.9. The van der Waals surface area contributed by atoms with Gasteiger partial charge in [0.15, 0.2) is 0 Å². The van der Waals surface area contributed by atoms with Crippen molar-refractivity contribution in [2.45, 2.75) is 32.4 Å². The lowest BCUT2D eigenvalue weighted by Gasteiger charge is -2.13. The molecule has 0 bridgehead atoms. The zero-order valence-electron chi connectivity index (χ0n) is 12.9. The molecular weight excluding hydrogens is 303 g/mol. The van der Waals surface area contributed by atoms with Gasteiger partial charge in [0.25, 0.3) is 5.91 Å². The van der Waals surface area contributed by atoms with Gasteiger partial charge in [0.05, 0.1) is 11.1 Å². The van der Waals surface area contributed by atoms with Gasteiger partial charge in [-0.1, -0.05) is 38.1 Å². The van der Waals surface area contributed by atoms with Crippen LogP contribution in [0.5, 0.6) is 0 Å². The van der Waals surface area contributed by atoms with E-state index in [-0.39, 0.29) is 5.56 Å². The number of benzene rings is 2. The monoisotopic (exact) mass is 321 g/mol. The first-order valence-electron chi connectivity index (χ1n) is 7.40. The van der Waals surface area contributed by atoms with Crippen molar-refractivity contribution in [1.29, 1.82) is 0 Å². The van der Waals surface area contributed by atoms with E-state index >= 15 is 0 Å². The van der Waals surface area contributed by atoms with E-state index in [4.69, 9.17) is 0 Å². The van der Waals surface area contributed by atoms with Crippen LogP contribution in [0.1, 0.15) is 47.7 Å². The molecule has 0 aromatic heterocycles. The fourth-order valence-electron chi connectivity index (χ4n) is 2.26. The fourth-order valence-corrected chi connectivity index (χ4v) is 2.26. The summed E-state index contributed by atoms with van der Waals surface area (Å²) in [7, 11) is 0. The van der Waals surface area contributed by atoms with E-state index in [1.807, 2.05) is 12.1 Å². The van der Waals surface area contributed by atoms with Crippen LogP contribution in [0, 0.1) is 0 Å². The van der Waals surface area contributed by atoms with Crippen LogP contribution < -0.4 is 5.32 Å². The Balaban J connectivity index is 2.20. The van der Waals surface area contributed by atoms with Crippen LogP contribution in [0.4, 0.5) is 18.9 Å². The molecule has 0 spiro atoms. The van der Waals surface area contributed by atoms with Crippen LogP contribution in [0.15, 0.2) is 48.5 Å². The highest BCUT2D eigenvalue weighted by Gasteiger charge is 2.34. The third kappa shape index (κ3) is 4.12.